The molecular weight excluding hydrogens is 248 g/mol. The van der Waals surface area contributed by atoms with Crippen molar-refractivity contribution in [3.05, 3.63) is 28.8 Å². The second-order valence-electron chi connectivity index (χ2n) is 4.67. The molecule has 0 aliphatic carbocycles. The lowest BCUT2D eigenvalue weighted by Gasteiger charge is -2.31. The zero-order valence-corrected chi connectivity index (χ0v) is 12.2. The summed E-state index contributed by atoms with van der Waals surface area (Å²) in [5, 5.41) is 12.9. The molecule has 0 saturated carbocycles. The first-order chi connectivity index (χ1) is 8.60. The fourth-order valence-corrected chi connectivity index (χ4v) is 2.21. The molecule has 0 heterocycles. The molecule has 102 valence electrons. The molecule has 1 aromatic rings. The first-order valence-corrected chi connectivity index (χ1v) is 6.78. The average molecular weight is 271 g/mol. The Hall–Kier alpha value is -0.770. The van der Waals surface area contributed by atoms with Crippen LogP contribution >= 0.6 is 11.6 Å². The number of aliphatic hydroxyl groups is 1. The van der Waals surface area contributed by atoms with Gasteiger partial charge in [0.1, 0.15) is 0 Å². The van der Waals surface area contributed by atoms with Crippen LogP contribution in [0.4, 0.5) is 5.69 Å². The van der Waals surface area contributed by atoms with E-state index in [9.17, 15) is 0 Å². The topological polar surface area (TPSA) is 35.5 Å². The minimum absolute atomic E-state index is 0.213. The molecule has 4 heteroatoms. The molecule has 0 aromatic heterocycles. The largest absolute Gasteiger partial charge is 0.396 e. The van der Waals surface area contributed by atoms with Gasteiger partial charge in [0.25, 0.3) is 0 Å². The van der Waals surface area contributed by atoms with Gasteiger partial charge in [0.15, 0.2) is 0 Å². The molecule has 1 aromatic carbocycles. The van der Waals surface area contributed by atoms with Crippen molar-refractivity contribution in [3.8, 4) is 0 Å². The van der Waals surface area contributed by atoms with Crippen molar-refractivity contribution in [2.24, 2.45) is 0 Å². The summed E-state index contributed by atoms with van der Waals surface area (Å²) in [6, 6.07) is 6.36. The molecule has 2 N–H and O–H groups in total. The maximum atomic E-state index is 9.01. The molecule has 0 bridgehead atoms. The Labute approximate surface area is 115 Å². The summed E-state index contributed by atoms with van der Waals surface area (Å²) < 4.78 is 0. The number of hydrogen-bond acceptors (Lipinski definition) is 3. The Morgan fingerprint density at radius 2 is 2.11 bits per heavy atom. The number of nitrogens with one attached hydrogen (secondary N) is 1. The summed E-state index contributed by atoms with van der Waals surface area (Å²) in [7, 11) is 1.94. The Morgan fingerprint density at radius 1 is 1.39 bits per heavy atom. The fourth-order valence-electron chi connectivity index (χ4n) is 2.04. The predicted octanol–water partition coefficient (Wildman–Crippen LogP) is 2.66. The second-order valence-corrected chi connectivity index (χ2v) is 5.10. The smallest absolute Gasteiger partial charge is 0.0447 e. The predicted molar refractivity (Wildman–Crippen MR) is 78.4 cm³/mol. The van der Waals surface area contributed by atoms with Gasteiger partial charge in [0.2, 0.25) is 0 Å². The molecule has 3 nitrogen and oxygen atoms in total. The van der Waals surface area contributed by atoms with Crippen molar-refractivity contribution in [1.29, 1.82) is 0 Å². The van der Waals surface area contributed by atoms with Gasteiger partial charge >= 0.3 is 0 Å². The minimum atomic E-state index is 0.213. The maximum absolute atomic E-state index is 9.01. The number of halogens is 1. The highest BCUT2D eigenvalue weighted by Crippen LogP contribution is 2.26. The molecular formula is C14H23ClN2O. The summed E-state index contributed by atoms with van der Waals surface area (Å²) in [6.07, 6.45) is 0.768. The van der Waals surface area contributed by atoms with Gasteiger partial charge in [0.05, 0.1) is 0 Å². The lowest BCUT2D eigenvalue weighted by molar-refractivity contribution is 0.288. The Kier molecular flexibility index (Phi) is 6.47. The van der Waals surface area contributed by atoms with Crippen LogP contribution in [-0.2, 0) is 6.54 Å². The van der Waals surface area contributed by atoms with Crippen LogP contribution < -0.4 is 10.2 Å². The highest BCUT2D eigenvalue weighted by molar-refractivity contribution is 6.30. The quantitative estimate of drug-likeness (QED) is 0.800. The fraction of sp³-hybridized carbons (Fsp3) is 0.571. The summed E-state index contributed by atoms with van der Waals surface area (Å²) in [5.74, 6) is 0. The Morgan fingerprint density at radius 3 is 2.67 bits per heavy atom. The van der Waals surface area contributed by atoms with Crippen LogP contribution in [0.25, 0.3) is 0 Å². The van der Waals surface area contributed by atoms with Gasteiger partial charge in [-0.05, 0) is 45.0 Å². The Balaban J connectivity index is 3.03. The summed E-state index contributed by atoms with van der Waals surface area (Å²) >= 11 is 6.10. The van der Waals surface area contributed by atoms with E-state index in [-0.39, 0.29) is 6.61 Å². The van der Waals surface area contributed by atoms with E-state index in [1.54, 1.807) is 0 Å². The zero-order chi connectivity index (χ0) is 13.5. The molecule has 1 rings (SSSR count). The number of anilines is 1. The number of aliphatic hydroxyl groups excluding tert-OH is 1. The number of nitrogens with zero attached hydrogens (tertiary/aromatic N) is 1. The number of rotatable bonds is 7. The van der Waals surface area contributed by atoms with Gasteiger partial charge in [-0.15, -0.1) is 0 Å². The highest BCUT2D eigenvalue weighted by Gasteiger charge is 2.14. The molecule has 0 radical (unpaired) electrons. The number of hydrogen-bond donors (Lipinski definition) is 2. The summed E-state index contributed by atoms with van der Waals surface area (Å²) in [6.45, 7) is 6.17. The molecule has 0 amide bonds. The van der Waals surface area contributed by atoms with Gasteiger partial charge in [-0.2, -0.15) is 0 Å². The van der Waals surface area contributed by atoms with E-state index in [1.807, 2.05) is 19.2 Å². The second kappa shape index (κ2) is 7.62. The van der Waals surface area contributed by atoms with Crippen LogP contribution in [-0.4, -0.2) is 31.3 Å². The molecule has 0 unspecified atom stereocenters. The van der Waals surface area contributed by atoms with Crippen molar-refractivity contribution < 1.29 is 5.11 Å². The zero-order valence-electron chi connectivity index (χ0n) is 11.4. The Bertz CT molecular complexity index is 369. The SMILES string of the molecule is CNCc1ccc(Cl)cc1N(CCCO)C(C)C. The van der Waals surface area contributed by atoms with Crippen LogP contribution in [0.1, 0.15) is 25.8 Å². The molecule has 0 aliphatic rings. The van der Waals surface area contributed by atoms with Gasteiger partial charge in [-0.25, -0.2) is 0 Å². The monoisotopic (exact) mass is 270 g/mol. The summed E-state index contributed by atoms with van der Waals surface area (Å²) in [5.41, 5.74) is 2.38. The van der Waals surface area contributed by atoms with Crippen LogP contribution in [0.5, 0.6) is 0 Å². The van der Waals surface area contributed by atoms with E-state index in [1.165, 1.54) is 5.56 Å². The van der Waals surface area contributed by atoms with E-state index >= 15 is 0 Å². The van der Waals surface area contributed by atoms with E-state index in [2.05, 4.69) is 30.1 Å². The number of benzene rings is 1. The minimum Gasteiger partial charge on any atom is -0.396 e. The van der Waals surface area contributed by atoms with E-state index < -0.39 is 0 Å². The maximum Gasteiger partial charge on any atom is 0.0447 e. The lowest BCUT2D eigenvalue weighted by atomic mass is 10.1. The first-order valence-electron chi connectivity index (χ1n) is 6.40. The van der Waals surface area contributed by atoms with Crippen LogP contribution in [0.3, 0.4) is 0 Å². The van der Waals surface area contributed by atoms with Crippen LogP contribution in [0.2, 0.25) is 5.02 Å². The molecule has 0 aliphatic heterocycles. The van der Waals surface area contributed by atoms with Crippen molar-refractivity contribution in [2.45, 2.75) is 32.9 Å². The lowest BCUT2D eigenvalue weighted by Crippen LogP contribution is -2.33. The van der Waals surface area contributed by atoms with Gasteiger partial charge in [-0.3, -0.25) is 0 Å². The van der Waals surface area contributed by atoms with Crippen LogP contribution in [0.15, 0.2) is 18.2 Å². The first kappa shape index (κ1) is 15.3. The van der Waals surface area contributed by atoms with Crippen molar-refractivity contribution in [1.82, 2.24) is 5.32 Å². The van der Waals surface area contributed by atoms with Crippen LogP contribution in [0, 0.1) is 0 Å². The van der Waals surface area contributed by atoms with Gasteiger partial charge in [0, 0.05) is 36.4 Å². The third-order valence-electron chi connectivity index (χ3n) is 2.90. The van der Waals surface area contributed by atoms with Gasteiger partial charge < -0.3 is 15.3 Å². The third-order valence-corrected chi connectivity index (χ3v) is 3.14. The third kappa shape index (κ3) is 4.16. The van der Waals surface area contributed by atoms with Crippen molar-refractivity contribution in [3.63, 3.8) is 0 Å². The van der Waals surface area contributed by atoms with E-state index in [0.29, 0.717) is 6.04 Å². The molecule has 0 spiro atoms. The van der Waals surface area contributed by atoms with E-state index in [0.717, 1.165) is 30.2 Å². The average Bonchev–Trinajstić information content (AvgIpc) is 2.32. The highest BCUT2D eigenvalue weighted by atomic mass is 35.5. The normalized spacial score (nSPS) is 11.0. The van der Waals surface area contributed by atoms with E-state index in [4.69, 9.17) is 16.7 Å². The molecule has 0 atom stereocenters. The van der Waals surface area contributed by atoms with Crippen molar-refractivity contribution >= 4 is 17.3 Å². The van der Waals surface area contributed by atoms with Crippen molar-refractivity contribution in [2.75, 3.05) is 25.1 Å². The molecule has 0 saturated heterocycles. The summed E-state index contributed by atoms with van der Waals surface area (Å²) in [4.78, 5) is 2.29. The molecule has 0 fully saturated rings. The molecule has 18 heavy (non-hydrogen) atoms. The van der Waals surface area contributed by atoms with Gasteiger partial charge in [-0.1, -0.05) is 17.7 Å². The standard InChI is InChI=1S/C14H23ClN2O/c1-11(2)17(7-4-8-18)14-9-13(15)6-5-12(14)10-16-3/h5-6,9,11,16,18H,4,7-8,10H2,1-3H3.